The van der Waals surface area contributed by atoms with E-state index in [9.17, 15) is 0 Å². The topological polar surface area (TPSA) is 56.8 Å². The van der Waals surface area contributed by atoms with Crippen LogP contribution < -0.4 is 4.74 Å². The van der Waals surface area contributed by atoms with E-state index >= 15 is 0 Å². The molecule has 2 aromatic carbocycles. The zero-order chi connectivity index (χ0) is 12.8. The summed E-state index contributed by atoms with van der Waals surface area (Å²) in [5, 5.41) is 18.0. The second-order valence-electron chi connectivity index (χ2n) is 3.68. The van der Waals surface area contributed by atoms with Gasteiger partial charge in [-0.1, -0.05) is 36.4 Å². The van der Waals surface area contributed by atoms with Gasteiger partial charge in [-0.3, -0.25) is 0 Å². The molecule has 3 heteroatoms. The highest BCUT2D eigenvalue weighted by molar-refractivity contribution is 5.53. The first-order valence-corrected chi connectivity index (χ1v) is 5.45. The maximum Gasteiger partial charge on any atom is 0.155 e. The molecule has 3 nitrogen and oxygen atoms in total. The first kappa shape index (κ1) is 11.7. The van der Waals surface area contributed by atoms with Crippen molar-refractivity contribution in [2.45, 2.75) is 6.61 Å². The molecular weight excluding hydrogens is 224 g/mol. The van der Waals surface area contributed by atoms with Crippen LogP contribution in [0.1, 0.15) is 16.7 Å². The Labute approximate surface area is 105 Å². The molecule has 86 valence electrons. The Bertz CT molecular complexity index is 589. The van der Waals surface area contributed by atoms with E-state index < -0.39 is 0 Å². The molecule has 0 unspecified atom stereocenters. The lowest BCUT2D eigenvalue weighted by Gasteiger charge is -2.09. The average molecular weight is 234 g/mol. The minimum absolute atomic E-state index is 0.341. The zero-order valence-electron chi connectivity index (χ0n) is 9.63. The van der Waals surface area contributed by atoms with Gasteiger partial charge in [0, 0.05) is 0 Å². The Hall–Kier alpha value is -2.78. The lowest BCUT2D eigenvalue weighted by atomic mass is 10.1. The highest BCUT2D eigenvalue weighted by Crippen LogP contribution is 2.23. The van der Waals surface area contributed by atoms with E-state index in [0.717, 1.165) is 5.56 Å². The SMILES string of the molecule is N#Cc1cccc(C#N)c1OCc1ccccc1. The normalized spacial score (nSPS) is 9.22. The maximum atomic E-state index is 9.00. The van der Waals surface area contributed by atoms with E-state index in [1.165, 1.54) is 0 Å². The van der Waals surface area contributed by atoms with Gasteiger partial charge in [-0.2, -0.15) is 10.5 Å². The van der Waals surface area contributed by atoms with Crippen LogP contribution in [0.25, 0.3) is 0 Å². The van der Waals surface area contributed by atoms with Gasteiger partial charge in [0.05, 0.1) is 11.1 Å². The molecule has 0 fully saturated rings. The van der Waals surface area contributed by atoms with Gasteiger partial charge >= 0.3 is 0 Å². The van der Waals surface area contributed by atoms with Crippen LogP contribution in [0.15, 0.2) is 48.5 Å². The first-order chi connectivity index (χ1) is 8.85. The van der Waals surface area contributed by atoms with Gasteiger partial charge in [0.1, 0.15) is 18.7 Å². The lowest BCUT2D eigenvalue weighted by molar-refractivity contribution is 0.304. The van der Waals surface area contributed by atoms with E-state index in [1.54, 1.807) is 18.2 Å². The molecule has 0 aliphatic carbocycles. The maximum absolute atomic E-state index is 9.00. The highest BCUT2D eigenvalue weighted by atomic mass is 16.5. The van der Waals surface area contributed by atoms with Crippen molar-refractivity contribution in [2.75, 3.05) is 0 Å². The molecule has 0 aliphatic heterocycles. The van der Waals surface area contributed by atoms with Crippen molar-refractivity contribution in [1.82, 2.24) is 0 Å². The van der Waals surface area contributed by atoms with E-state index in [1.807, 2.05) is 42.5 Å². The number of nitriles is 2. The molecule has 0 radical (unpaired) electrons. The third-order valence-corrected chi connectivity index (χ3v) is 2.48. The van der Waals surface area contributed by atoms with Gasteiger partial charge in [-0.15, -0.1) is 0 Å². The summed E-state index contributed by atoms with van der Waals surface area (Å²) in [4.78, 5) is 0. The zero-order valence-corrected chi connectivity index (χ0v) is 9.63. The summed E-state index contributed by atoms with van der Waals surface area (Å²) < 4.78 is 5.59. The van der Waals surface area contributed by atoms with Gasteiger partial charge in [0.15, 0.2) is 5.75 Å². The molecule has 0 amide bonds. The van der Waals surface area contributed by atoms with Crippen LogP contribution in [-0.2, 0) is 6.61 Å². The number of benzene rings is 2. The third-order valence-electron chi connectivity index (χ3n) is 2.48. The quantitative estimate of drug-likeness (QED) is 0.820. The molecule has 0 aliphatic rings. The van der Waals surface area contributed by atoms with Crippen molar-refractivity contribution in [2.24, 2.45) is 0 Å². The molecule has 0 spiro atoms. The number of nitrogens with zero attached hydrogens (tertiary/aromatic N) is 2. The molecule has 0 heterocycles. The highest BCUT2D eigenvalue weighted by Gasteiger charge is 2.09. The smallest absolute Gasteiger partial charge is 0.155 e. The monoisotopic (exact) mass is 234 g/mol. The van der Waals surface area contributed by atoms with E-state index in [0.29, 0.717) is 23.5 Å². The standard InChI is InChI=1S/C15H10N2O/c16-9-13-7-4-8-14(10-17)15(13)18-11-12-5-2-1-3-6-12/h1-8H,11H2. The van der Waals surface area contributed by atoms with Gasteiger partial charge in [-0.05, 0) is 17.7 Å². The van der Waals surface area contributed by atoms with Gasteiger partial charge in [-0.25, -0.2) is 0 Å². The van der Waals surface area contributed by atoms with Crippen molar-refractivity contribution in [3.63, 3.8) is 0 Å². The van der Waals surface area contributed by atoms with Crippen LogP contribution in [0.2, 0.25) is 0 Å². The van der Waals surface area contributed by atoms with Crippen molar-refractivity contribution < 1.29 is 4.74 Å². The number of ether oxygens (including phenoxy) is 1. The molecule has 0 saturated heterocycles. The summed E-state index contributed by atoms with van der Waals surface area (Å²) in [6.07, 6.45) is 0. The van der Waals surface area contributed by atoms with Crippen LogP contribution in [0, 0.1) is 22.7 Å². The first-order valence-electron chi connectivity index (χ1n) is 5.45. The molecule has 0 bridgehead atoms. The van der Waals surface area contributed by atoms with Crippen LogP contribution in [0.3, 0.4) is 0 Å². The van der Waals surface area contributed by atoms with Gasteiger partial charge in [0.2, 0.25) is 0 Å². The largest absolute Gasteiger partial charge is 0.486 e. The van der Waals surface area contributed by atoms with Gasteiger partial charge < -0.3 is 4.74 Å². The van der Waals surface area contributed by atoms with E-state index in [2.05, 4.69) is 0 Å². The van der Waals surface area contributed by atoms with Crippen LogP contribution in [-0.4, -0.2) is 0 Å². The molecule has 0 atom stereocenters. The molecule has 0 aromatic heterocycles. The summed E-state index contributed by atoms with van der Waals surface area (Å²) in [6.45, 7) is 0.341. The van der Waals surface area contributed by atoms with Crippen LogP contribution >= 0.6 is 0 Å². The predicted octanol–water partition coefficient (Wildman–Crippen LogP) is 3.01. The lowest BCUT2D eigenvalue weighted by Crippen LogP contribution is -1.99. The molecule has 0 saturated carbocycles. The van der Waals surface area contributed by atoms with E-state index in [-0.39, 0.29) is 0 Å². The van der Waals surface area contributed by atoms with Crippen molar-refractivity contribution >= 4 is 0 Å². The number of para-hydroxylation sites is 1. The Morgan fingerprint density at radius 2 is 1.44 bits per heavy atom. The fraction of sp³-hybridized carbons (Fsp3) is 0.0667. The fourth-order valence-corrected chi connectivity index (χ4v) is 1.60. The van der Waals surface area contributed by atoms with Crippen molar-refractivity contribution in [1.29, 1.82) is 10.5 Å². The van der Waals surface area contributed by atoms with Crippen LogP contribution in [0.5, 0.6) is 5.75 Å². The van der Waals surface area contributed by atoms with Crippen molar-refractivity contribution in [3.8, 4) is 17.9 Å². The molecular formula is C15H10N2O. The molecule has 0 N–H and O–H groups in total. The van der Waals surface area contributed by atoms with Crippen molar-refractivity contribution in [3.05, 3.63) is 65.2 Å². The summed E-state index contributed by atoms with van der Waals surface area (Å²) >= 11 is 0. The fourth-order valence-electron chi connectivity index (χ4n) is 1.60. The van der Waals surface area contributed by atoms with Crippen LogP contribution in [0.4, 0.5) is 0 Å². The Kier molecular flexibility index (Phi) is 3.59. The second kappa shape index (κ2) is 5.52. The molecule has 2 aromatic rings. The Morgan fingerprint density at radius 3 is 2.00 bits per heavy atom. The van der Waals surface area contributed by atoms with Gasteiger partial charge in [0.25, 0.3) is 0 Å². The summed E-state index contributed by atoms with van der Waals surface area (Å²) in [5.74, 6) is 0.353. The average Bonchev–Trinajstić information content (AvgIpc) is 2.45. The minimum atomic E-state index is 0.341. The second-order valence-corrected chi connectivity index (χ2v) is 3.68. The number of hydrogen-bond donors (Lipinski definition) is 0. The van der Waals surface area contributed by atoms with E-state index in [4.69, 9.17) is 15.3 Å². The number of hydrogen-bond acceptors (Lipinski definition) is 3. The predicted molar refractivity (Wildman–Crippen MR) is 66.6 cm³/mol. The Morgan fingerprint density at radius 1 is 0.833 bits per heavy atom. The summed E-state index contributed by atoms with van der Waals surface area (Å²) in [7, 11) is 0. The Balaban J connectivity index is 2.25. The molecule has 2 rings (SSSR count). The minimum Gasteiger partial charge on any atom is -0.486 e. The summed E-state index contributed by atoms with van der Waals surface area (Å²) in [6, 6.07) is 18.6. The number of rotatable bonds is 3. The summed E-state index contributed by atoms with van der Waals surface area (Å²) in [5.41, 5.74) is 1.75. The molecule has 18 heavy (non-hydrogen) atoms. The third kappa shape index (κ3) is 2.48.